The van der Waals surface area contributed by atoms with Gasteiger partial charge in [0.25, 0.3) is 5.69 Å². The van der Waals surface area contributed by atoms with Gasteiger partial charge in [0.15, 0.2) is 0 Å². The van der Waals surface area contributed by atoms with Gasteiger partial charge in [-0.15, -0.1) is 0 Å². The van der Waals surface area contributed by atoms with Crippen LogP contribution in [0.3, 0.4) is 0 Å². The van der Waals surface area contributed by atoms with Crippen LogP contribution < -0.4 is 0 Å². The average Bonchev–Trinajstić information content (AvgIpc) is 2.47. The van der Waals surface area contributed by atoms with Gasteiger partial charge in [-0.3, -0.25) is 10.1 Å². The number of nitro groups is 1. The molecule has 0 saturated heterocycles. The van der Waals surface area contributed by atoms with Gasteiger partial charge in [-0.2, -0.15) is 26.3 Å². The van der Waals surface area contributed by atoms with Crippen molar-refractivity contribution in [1.29, 1.82) is 0 Å². The summed E-state index contributed by atoms with van der Waals surface area (Å²) in [7, 11) is 0. The normalized spacial score (nSPS) is 12.9. The van der Waals surface area contributed by atoms with Gasteiger partial charge in [-0.25, -0.2) is 0 Å². The maximum absolute atomic E-state index is 13.8. The van der Waals surface area contributed by atoms with Crippen molar-refractivity contribution in [3.05, 3.63) is 74.8 Å². The summed E-state index contributed by atoms with van der Waals surface area (Å²) < 4.78 is 82.5. The van der Waals surface area contributed by atoms with Gasteiger partial charge in [0, 0.05) is 17.2 Å². The zero-order valence-corrected chi connectivity index (χ0v) is 12.8. The van der Waals surface area contributed by atoms with Crippen LogP contribution in [0.25, 0.3) is 0 Å². The zero-order valence-electron chi connectivity index (χ0n) is 12.0. The molecule has 0 N–H and O–H groups in total. The highest BCUT2D eigenvalue weighted by atomic mass is 35.5. The fraction of sp³-hybridized carbons (Fsp3) is 0.200. The molecule has 2 aromatic rings. The molecule has 0 heterocycles. The van der Waals surface area contributed by atoms with E-state index in [0.717, 1.165) is 24.3 Å². The van der Waals surface area contributed by atoms with Gasteiger partial charge < -0.3 is 0 Å². The number of benzene rings is 2. The first-order valence-electron chi connectivity index (χ1n) is 6.55. The molecule has 0 bridgehead atoms. The monoisotopic (exact) mass is 383 g/mol. The highest BCUT2D eigenvalue weighted by molar-refractivity contribution is 6.30. The van der Waals surface area contributed by atoms with Crippen molar-refractivity contribution < 1.29 is 31.3 Å². The van der Waals surface area contributed by atoms with E-state index in [9.17, 15) is 36.5 Å². The second kappa shape index (κ2) is 6.21. The summed E-state index contributed by atoms with van der Waals surface area (Å²) in [5.41, 5.74) is -7.76. The molecule has 0 aliphatic carbocycles. The Hall–Kier alpha value is -2.29. The highest BCUT2D eigenvalue weighted by Crippen LogP contribution is 2.56. The van der Waals surface area contributed by atoms with Crippen LogP contribution in [0.2, 0.25) is 5.02 Å². The minimum absolute atomic E-state index is 0.0546. The minimum Gasteiger partial charge on any atom is -0.258 e. The summed E-state index contributed by atoms with van der Waals surface area (Å²) >= 11 is 5.55. The Kier molecular flexibility index (Phi) is 4.73. The summed E-state index contributed by atoms with van der Waals surface area (Å²) in [6.07, 6.45) is -11.6. The molecule has 0 radical (unpaired) electrons. The Morgan fingerprint density at radius 3 is 1.80 bits per heavy atom. The SMILES string of the molecule is O=[N+]([O-])c1cccc(C(c2ccc(Cl)cc2)(C(F)(F)F)C(F)(F)F)c1. The fourth-order valence-corrected chi connectivity index (χ4v) is 2.66. The number of alkyl halides is 6. The minimum atomic E-state index is -5.81. The third-order valence-corrected chi connectivity index (χ3v) is 3.87. The molecule has 0 fully saturated rings. The molecule has 0 saturated carbocycles. The van der Waals surface area contributed by atoms with Crippen molar-refractivity contribution in [2.45, 2.75) is 17.8 Å². The van der Waals surface area contributed by atoms with Crippen molar-refractivity contribution in [2.24, 2.45) is 0 Å². The maximum atomic E-state index is 13.8. The molecular weight excluding hydrogens is 376 g/mol. The van der Waals surface area contributed by atoms with Crippen LogP contribution in [0.15, 0.2) is 48.5 Å². The van der Waals surface area contributed by atoms with Gasteiger partial charge in [-0.1, -0.05) is 35.9 Å². The first kappa shape index (κ1) is 19.0. The summed E-state index contributed by atoms with van der Waals surface area (Å²) in [6, 6.07) is 5.39. The van der Waals surface area contributed by atoms with E-state index in [-0.39, 0.29) is 11.1 Å². The average molecular weight is 384 g/mol. The predicted octanol–water partition coefficient (Wildman–Crippen LogP) is 5.66. The van der Waals surface area contributed by atoms with E-state index in [0.29, 0.717) is 18.2 Å². The molecule has 2 aromatic carbocycles. The Balaban J connectivity index is 2.91. The third kappa shape index (κ3) is 3.15. The topological polar surface area (TPSA) is 43.1 Å². The summed E-state index contributed by atoms with van der Waals surface area (Å²) in [5, 5.41) is 10.7. The first-order chi connectivity index (χ1) is 11.4. The van der Waals surface area contributed by atoms with Gasteiger partial charge in [-0.05, 0) is 23.3 Å². The van der Waals surface area contributed by atoms with Crippen LogP contribution in [0.4, 0.5) is 32.0 Å². The molecule has 0 unspecified atom stereocenters. The summed E-state index contributed by atoms with van der Waals surface area (Å²) in [5.74, 6) is 0. The summed E-state index contributed by atoms with van der Waals surface area (Å²) in [6.45, 7) is 0. The summed E-state index contributed by atoms with van der Waals surface area (Å²) in [4.78, 5) is 9.72. The van der Waals surface area contributed by atoms with Crippen molar-refractivity contribution in [3.8, 4) is 0 Å². The standard InChI is InChI=1S/C15H8ClF6NO2/c16-11-6-4-9(5-7-11)13(14(17,18)19,15(20,21)22)10-2-1-3-12(8-10)23(24)25/h1-8H. The molecule has 0 aliphatic heterocycles. The molecule has 0 aliphatic rings. The number of halogens is 7. The van der Waals surface area contributed by atoms with Crippen molar-refractivity contribution >= 4 is 17.3 Å². The molecule has 25 heavy (non-hydrogen) atoms. The van der Waals surface area contributed by atoms with Gasteiger partial charge in [0.1, 0.15) is 0 Å². The molecule has 10 heteroatoms. The van der Waals surface area contributed by atoms with Crippen molar-refractivity contribution in [3.63, 3.8) is 0 Å². The van der Waals surface area contributed by atoms with E-state index in [1.807, 2.05) is 0 Å². The highest BCUT2D eigenvalue weighted by Gasteiger charge is 2.72. The number of nitro benzene ring substituents is 1. The Labute approximate surface area is 142 Å². The smallest absolute Gasteiger partial charge is 0.258 e. The van der Waals surface area contributed by atoms with Crippen molar-refractivity contribution in [1.82, 2.24) is 0 Å². The Morgan fingerprint density at radius 1 is 0.840 bits per heavy atom. The van der Waals surface area contributed by atoms with E-state index in [1.54, 1.807) is 0 Å². The van der Waals surface area contributed by atoms with E-state index in [2.05, 4.69) is 0 Å². The lowest BCUT2D eigenvalue weighted by Crippen LogP contribution is -2.54. The number of nitrogens with zero attached hydrogens (tertiary/aromatic N) is 1. The van der Waals surface area contributed by atoms with Crippen LogP contribution >= 0.6 is 11.6 Å². The molecule has 3 nitrogen and oxygen atoms in total. The van der Waals surface area contributed by atoms with Crippen LogP contribution in [0.5, 0.6) is 0 Å². The van der Waals surface area contributed by atoms with Crippen LogP contribution in [0.1, 0.15) is 11.1 Å². The van der Waals surface area contributed by atoms with Crippen LogP contribution in [-0.4, -0.2) is 17.3 Å². The second-order valence-corrected chi connectivity index (χ2v) is 5.50. The number of hydrogen-bond acceptors (Lipinski definition) is 2. The molecule has 0 aromatic heterocycles. The quantitative estimate of drug-likeness (QED) is 0.390. The lowest BCUT2D eigenvalue weighted by atomic mass is 9.73. The zero-order chi connectivity index (χ0) is 19.0. The second-order valence-electron chi connectivity index (χ2n) is 5.06. The van der Waals surface area contributed by atoms with Gasteiger partial charge >= 0.3 is 12.4 Å². The first-order valence-corrected chi connectivity index (χ1v) is 6.93. The largest absolute Gasteiger partial charge is 0.411 e. The molecule has 2 rings (SSSR count). The Bertz CT molecular complexity index is 772. The molecule has 0 atom stereocenters. The van der Waals surface area contributed by atoms with E-state index in [1.165, 1.54) is 0 Å². The van der Waals surface area contributed by atoms with Crippen LogP contribution in [0, 0.1) is 10.1 Å². The number of hydrogen-bond donors (Lipinski definition) is 0. The van der Waals surface area contributed by atoms with Crippen molar-refractivity contribution in [2.75, 3.05) is 0 Å². The Morgan fingerprint density at radius 2 is 1.36 bits per heavy atom. The third-order valence-electron chi connectivity index (χ3n) is 3.62. The van der Waals surface area contributed by atoms with Gasteiger partial charge in [0.2, 0.25) is 5.41 Å². The number of rotatable bonds is 3. The van der Waals surface area contributed by atoms with Crippen LogP contribution in [-0.2, 0) is 5.41 Å². The predicted molar refractivity (Wildman–Crippen MR) is 77.4 cm³/mol. The van der Waals surface area contributed by atoms with Gasteiger partial charge in [0.05, 0.1) is 4.92 Å². The number of non-ortho nitro benzene ring substituents is 1. The van der Waals surface area contributed by atoms with E-state index >= 15 is 0 Å². The fourth-order valence-electron chi connectivity index (χ4n) is 2.53. The lowest BCUT2D eigenvalue weighted by Gasteiger charge is -2.38. The molecule has 0 amide bonds. The van der Waals surface area contributed by atoms with E-state index < -0.39 is 39.5 Å². The molecule has 134 valence electrons. The molecule has 0 spiro atoms. The van der Waals surface area contributed by atoms with E-state index in [4.69, 9.17) is 11.6 Å². The molecular formula is C15H8ClF6NO2. The maximum Gasteiger partial charge on any atom is 0.411 e. The lowest BCUT2D eigenvalue weighted by molar-refractivity contribution is -0.385.